The lowest BCUT2D eigenvalue weighted by Gasteiger charge is -2.22. The molecule has 2 aromatic rings. The molecule has 0 saturated carbocycles. The van der Waals surface area contributed by atoms with Crippen molar-refractivity contribution in [2.24, 2.45) is 0 Å². The third-order valence-corrected chi connectivity index (χ3v) is 5.96. The molecule has 0 fully saturated rings. The van der Waals surface area contributed by atoms with Crippen LogP contribution in [0, 0.1) is 0 Å². The summed E-state index contributed by atoms with van der Waals surface area (Å²) >= 11 is 13.4. The normalized spacial score (nSPS) is 13.3. The van der Waals surface area contributed by atoms with Crippen molar-refractivity contribution in [2.45, 2.75) is 36.3 Å². The zero-order valence-corrected chi connectivity index (χ0v) is 16.4. The van der Waals surface area contributed by atoms with E-state index in [2.05, 4.69) is 0 Å². The third-order valence-electron chi connectivity index (χ3n) is 3.95. The number of thioether (sulfide) groups is 1. The lowest BCUT2D eigenvalue weighted by Crippen LogP contribution is -2.30. The van der Waals surface area contributed by atoms with Gasteiger partial charge in [0.1, 0.15) is 10.5 Å². The molecule has 0 saturated heterocycles. The molecule has 1 unspecified atom stereocenters. The van der Waals surface area contributed by atoms with Crippen LogP contribution in [0.3, 0.4) is 0 Å². The molecular weight excluding hydrogens is 379 g/mol. The van der Waals surface area contributed by atoms with Crippen molar-refractivity contribution in [3.05, 3.63) is 58.1 Å². The molecule has 0 bridgehead atoms. The first kappa shape index (κ1) is 20.0. The summed E-state index contributed by atoms with van der Waals surface area (Å²) in [6.45, 7) is 4.11. The van der Waals surface area contributed by atoms with Gasteiger partial charge in [0, 0.05) is 21.4 Å². The van der Waals surface area contributed by atoms with Gasteiger partial charge in [-0.1, -0.05) is 36.2 Å². The Morgan fingerprint density at radius 1 is 1.20 bits per heavy atom. The van der Waals surface area contributed by atoms with E-state index in [1.807, 2.05) is 43.3 Å². The molecule has 1 atom stereocenters. The SMILES string of the molecule is CCC(C)(Sc1ccc(OCCc2ccc(Cl)cc2Cl)cc1)C(=O)O. The van der Waals surface area contributed by atoms with Gasteiger partial charge >= 0.3 is 5.97 Å². The summed E-state index contributed by atoms with van der Waals surface area (Å²) in [4.78, 5) is 12.3. The number of carboxylic acids is 1. The van der Waals surface area contributed by atoms with E-state index in [1.165, 1.54) is 11.8 Å². The fraction of sp³-hybridized carbons (Fsp3) is 0.316. The van der Waals surface area contributed by atoms with Crippen LogP contribution in [-0.2, 0) is 11.2 Å². The molecule has 3 nitrogen and oxygen atoms in total. The second kappa shape index (κ2) is 8.84. The number of benzene rings is 2. The Morgan fingerprint density at radius 2 is 1.88 bits per heavy atom. The lowest BCUT2D eigenvalue weighted by atomic mass is 10.1. The van der Waals surface area contributed by atoms with Crippen LogP contribution in [-0.4, -0.2) is 22.4 Å². The van der Waals surface area contributed by atoms with Gasteiger partial charge in [0.15, 0.2) is 0 Å². The smallest absolute Gasteiger partial charge is 0.319 e. The number of halogens is 2. The molecule has 2 rings (SSSR count). The van der Waals surface area contributed by atoms with E-state index in [4.69, 9.17) is 27.9 Å². The molecule has 2 aromatic carbocycles. The Balaban J connectivity index is 1.91. The van der Waals surface area contributed by atoms with Gasteiger partial charge in [-0.3, -0.25) is 4.79 Å². The van der Waals surface area contributed by atoms with E-state index in [9.17, 15) is 9.90 Å². The van der Waals surface area contributed by atoms with Gasteiger partial charge < -0.3 is 9.84 Å². The van der Waals surface area contributed by atoms with Crippen molar-refractivity contribution >= 4 is 40.9 Å². The average Bonchev–Trinajstić information content (AvgIpc) is 2.58. The predicted molar refractivity (Wildman–Crippen MR) is 104 cm³/mol. The van der Waals surface area contributed by atoms with Crippen LogP contribution >= 0.6 is 35.0 Å². The Labute approximate surface area is 162 Å². The Hall–Kier alpha value is -1.36. The average molecular weight is 399 g/mol. The topological polar surface area (TPSA) is 46.5 Å². The van der Waals surface area contributed by atoms with Gasteiger partial charge in [-0.05, 0) is 55.3 Å². The maximum Gasteiger partial charge on any atom is 0.319 e. The minimum atomic E-state index is -0.826. The molecular formula is C19H20Cl2O3S. The minimum absolute atomic E-state index is 0.496. The third kappa shape index (κ3) is 5.56. The number of hydrogen-bond donors (Lipinski definition) is 1. The summed E-state index contributed by atoms with van der Waals surface area (Å²) in [7, 11) is 0. The van der Waals surface area contributed by atoms with E-state index in [-0.39, 0.29) is 0 Å². The molecule has 0 spiro atoms. The maximum atomic E-state index is 11.4. The highest BCUT2D eigenvalue weighted by Crippen LogP contribution is 2.36. The number of aliphatic carboxylic acids is 1. The van der Waals surface area contributed by atoms with Crippen LogP contribution in [0.15, 0.2) is 47.4 Å². The van der Waals surface area contributed by atoms with Crippen molar-refractivity contribution < 1.29 is 14.6 Å². The molecule has 0 aliphatic carbocycles. The Morgan fingerprint density at radius 3 is 2.44 bits per heavy atom. The van der Waals surface area contributed by atoms with E-state index in [1.54, 1.807) is 13.0 Å². The summed E-state index contributed by atoms with van der Waals surface area (Å²) in [5.41, 5.74) is 0.985. The molecule has 0 aliphatic heterocycles. The Bertz CT molecular complexity index is 734. The van der Waals surface area contributed by atoms with Crippen molar-refractivity contribution in [1.82, 2.24) is 0 Å². The van der Waals surface area contributed by atoms with Crippen molar-refractivity contribution in [1.29, 1.82) is 0 Å². The highest BCUT2D eigenvalue weighted by atomic mass is 35.5. The number of hydrogen-bond acceptors (Lipinski definition) is 3. The molecule has 134 valence electrons. The molecule has 6 heteroatoms. The van der Waals surface area contributed by atoms with Gasteiger partial charge in [0.25, 0.3) is 0 Å². The first-order valence-corrected chi connectivity index (χ1v) is 9.50. The van der Waals surface area contributed by atoms with Crippen molar-refractivity contribution in [2.75, 3.05) is 6.61 Å². The molecule has 1 N–H and O–H groups in total. The van der Waals surface area contributed by atoms with Crippen LogP contribution in [0.5, 0.6) is 5.75 Å². The first-order chi connectivity index (χ1) is 11.8. The van der Waals surface area contributed by atoms with Crippen LogP contribution in [0.1, 0.15) is 25.8 Å². The minimum Gasteiger partial charge on any atom is -0.493 e. The molecule has 0 aliphatic rings. The zero-order valence-electron chi connectivity index (χ0n) is 14.1. The molecule has 0 radical (unpaired) electrons. The molecule has 0 amide bonds. The standard InChI is InChI=1S/C19H20Cl2O3S/c1-3-19(2,18(22)23)25-16-8-6-15(7-9-16)24-11-10-13-4-5-14(20)12-17(13)21/h4-9,12H,3,10-11H2,1-2H3,(H,22,23). The largest absolute Gasteiger partial charge is 0.493 e. The number of ether oxygens (including phenoxy) is 1. The summed E-state index contributed by atoms with van der Waals surface area (Å²) in [5.74, 6) is -0.0665. The van der Waals surface area contributed by atoms with Gasteiger partial charge in [0.2, 0.25) is 0 Å². The van der Waals surface area contributed by atoms with E-state index in [0.29, 0.717) is 29.5 Å². The van der Waals surface area contributed by atoms with Crippen LogP contribution in [0.4, 0.5) is 0 Å². The van der Waals surface area contributed by atoms with E-state index in [0.717, 1.165) is 16.2 Å². The van der Waals surface area contributed by atoms with Gasteiger partial charge in [-0.2, -0.15) is 0 Å². The highest BCUT2D eigenvalue weighted by Gasteiger charge is 2.32. The zero-order chi connectivity index (χ0) is 18.4. The summed E-state index contributed by atoms with van der Waals surface area (Å²) in [6, 6.07) is 12.9. The number of carboxylic acid groups (broad SMARTS) is 1. The van der Waals surface area contributed by atoms with Crippen LogP contribution in [0.2, 0.25) is 10.0 Å². The van der Waals surface area contributed by atoms with E-state index >= 15 is 0 Å². The number of rotatable bonds is 8. The molecule has 0 aromatic heterocycles. The van der Waals surface area contributed by atoms with Gasteiger partial charge in [-0.25, -0.2) is 0 Å². The monoisotopic (exact) mass is 398 g/mol. The van der Waals surface area contributed by atoms with Gasteiger partial charge in [-0.15, -0.1) is 11.8 Å². The second-order valence-electron chi connectivity index (χ2n) is 5.80. The van der Waals surface area contributed by atoms with Gasteiger partial charge in [0.05, 0.1) is 6.61 Å². The van der Waals surface area contributed by atoms with Crippen LogP contribution < -0.4 is 4.74 Å². The second-order valence-corrected chi connectivity index (χ2v) is 8.22. The quantitative estimate of drug-likeness (QED) is 0.557. The summed E-state index contributed by atoms with van der Waals surface area (Å²) < 4.78 is 4.91. The number of carbonyl (C=O) groups is 1. The first-order valence-electron chi connectivity index (χ1n) is 7.93. The summed E-state index contributed by atoms with van der Waals surface area (Å²) in [6.07, 6.45) is 1.23. The van der Waals surface area contributed by atoms with Crippen LogP contribution in [0.25, 0.3) is 0 Å². The lowest BCUT2D eigenvalue weighted by molar-refractivity contribution is -0.139. The van der Waals surface area contributed by atoms with Crippen molar-refractivity contribution in [3.8, 4) is 5.75 Å². The van der Waals surface area contributed by atoms with Crippen molar-refractivity contribution in [3.63, 3.8) is 0 Å². The van der Waals surface area contributed by atoms with E-state index < -0.39 is 10.7 Å². The highest BCUT2D eigenvalue weighted by molar-refractivity contribution is 8.01. The maximum absolute atomic E-state index is 11.4. The molecule has 25 heavy (non-hydrogen) atoms. The molecule has 0 heterocycles. The fourth-order valence-corrected chi connectivity index (χ4v) is 3.66. The Kier molecular flexibility index (Phi) is 7.05. The predicted octanol–water partition coefficient (Wildman–Crippen LogP) is 5.96. The fourth-order valence-electron chi connectivity index (χ4n) is 2.13. The summed E-state index contributed by atoms with van der Waals surface area (Å²) in [5, 5.41) is 10.6.